The number of hydrogen-bond donors (Lipinski definition) is 1. The number of ether oxygens (including phenoxy) is 3. The highest BCUT2D eigenvalue weighted by atomic mass is 127. The maximum Gasteiger partial charge on any atom is 0.193 e. The Labute approximate surface area is 169 Å². The van der Waals surface area contributed by atoms with Gasteiger partial charge < -0.3 is 24.4 Å². The van der Waals surface area contributed by atoms with Crippen molar-refractivity contribution >= 4 is 29.9 Å². The lowest BCUT2D eigenvalue weighted by Crippen LogP contribution is -2.53. The van der Waals surface area contributed by atoms with Gasteiger partial charge in [0.05, 0.1) is 32.0 Å². The van der Waals surface area contributed by atoms with E-state index in [-0.39, 0.29) is 29.4 Å². The Kier molecular flexibility index (Phi) is 8.71. The zero-order valence-electron chi connectivity index (χ0n) is 15.7. The van der Waals surface area contributed by atoms with Crippen molar-refractivity contribution in [3.05, 3.63) is 0 Å². The number of guanidine groups is 1. The first kappa shape index (κ1) is 21.2. The normalized spacial score (nSPS) is 27.4. The second kappa shape index (κ2) is 10.3. The lowest BCUT2D eigenvalue weighted by molar-refractivity contribution is -0.0974. The molecule has 3 saturated heterocycles. The number of nitrogens with one attached hydrogen (secondary N) is 1. The highest BCUT2D eigenvalue weighted by Crippen LogP contribution is 2.25. The molecule has 0 saturated carbocycles. The van der Waals surface area contributed by atoms with E-state index in [0.717, 1.165) is 71.3 Å². The summed E-state index contributed by atoms with van der Waals surface area (Å²) in [5.74, 6) is 1.01. The van der Waals surface area contributed by atoms with Crippen LogP contribution in [0.15, 0.2) is 4.99 Å². The first-order chi connectivity index (χ1) is 11.7. The standard InChI is InChI=1S/C18H33N3O3.HI/c1-18(13-22-14-18)12-20-17(19-2)21-8-6-15(7-9-21)24-11-16-5-3-4-10-23-16;/h15-16H,3-14H2,1-2H3,(H,19,20);1H. The van der Waals surface area contributed by atoms with E-state index < -0.39 is 0 Å². The SMILES string of the molecule is CN=C(NCC1(C)COC1)N1CCC(OCC2CCCCO2)CC1.I. The minimum absolute atomic E-state index is 0. The fourth-order valence-electron chi connectivity index (χ4n) is 3.59. The van der Waals surface area contributed by atoms with Gasteiger partial charge in [-0.05, 0) is 32.1 Å². The Balaban J connectivity index is 0.00000225. The Morgan fingerprint density at radius 2 is 2.00 bits per heavy atom. The molecule has 0 bridgehead atoms. The number of nitrogens with zero attached hydrogens (tertiary/aromatic N) is 2. The highest BCUT2D eigenvalue weighted by Gasteiger charge is 2.34. The van der Waals surface area contributed by atoms with Crippen LogP contribution in [-0.4, -0.2) is 76.2 Å². The van der Waals surface area contributed by atoms with Gasteiger partial charge in [0.1, 0.15) is 0 Å². The number of piperidine rings is 1. The molecule has 0 aromatic heterocycles. The summed E-state index contributed by atoms with van der Waals surface area (Å²) in [6.45, 7) is 8.53. The molecule has 1 unspecified atom stereocenters. The van der Waals surface area contributed by atoms with Crippen LogP contribution in [0.4, 0.5) is 0 Å². The number of aliphatic imine (C=N–C) groups is 1. The van der Waals surface area contributed by atoms with Crippen molar-refractivity contribution in [1.29, 1.82) is 0 Å². The Morgan fingerprint density at radius 3 is 2.56 bits per heavy atom. The Morgan fingerprint density at radius 1 is 1.24 bits per heavy atom. The van der Waals surface area contributed by atoms with Gasteiger partial charge in [-0.3, -0.25) is 4.99 Å². The van der Waals surface area contributed by atoms with Crippen LogP contribution < -0.4 is 5.32 Å². The van der Waals surface area contributed by atoms with Crippen LogP contribution in [0.1, 0.15) is 39.0 Å². The molecule has 0 aromatic carbocycles. The summed E-state index contributed by atoms with van der Waals surface area (Å²) in [5, 5.41) is 3.52. The molecule has 7 heteroatoms. The van der Waals surface area contributed by atoms with E-state index in [9.17, 15) is 0 Å². The van der Waals surface area contributed by atoms with Gasteiger partial charge in [0.25, 0.3) is 0 Å². The van der Waals surface area contributed by atoms with Crippen molar-refractivity contribution < 1.29 is 14.2 Å². The maximum atomic E-state index is 6.10. The summed E-state index contributed by atoms with van der Waals surface area (Å²) in [5.41, 5.74) is 0.261. The number of halogens is 1. The predicted molar refractivity (Wildman–Crippen MR) is 110 cm³/mol. The van der Waals surface area contributed by atoms with Gasteiger partial charge in [-0.1, -0.05) is 6.92 Å². The van der Waals surface area contributed by atoms with Gasteiger partial charge in [0.2, 0.25) is 0 Å². The molecule has 6 nitrogen and oxygen atoms in total. The van der Waals surface area contributed by atoms with Crippen molar-refractivity contribution in [1.82, 2.24) is 10.2 Å². The molecule has 1 N–H and O–H groups in total. The molecule has 0 radical (unpaired) electrons. The number of hydrogen-bond acceptors (Lipinski definition) is 4. The van der Waals surface area contributed by atoms with Crippen LogP contribution in [0.2, 0.25) is 0 Å². The molecule has 25 heavy (non-hydrogen) atoms. The lowest BCUT2D eigenvalue weighted by atomic mass is 9.89. The second-order valence-corrected chi connectivity index (χ2v) is 7.71. The summed E-state index contributed by atoms with van der Waals surface area (Å²) >= 11 is 0. The van der Waals surface area contributed by atoms with Gasteiger partial charge in [-0.2, -0.15) is 0 Å². The van der Waals surface area contributed by atoms with Gasteiger partial charge in [-0.25, -0.2) is 0 Å². The summed E-state index contributed by atoms with van der Waals surface area (Å²) in [6, 6.07) is 0. The van der Waals surface area contributed by atoms with Gasteiger partial charge in [0, 0.05) is 38.7 Å². The number of likely N-dealkylation sites (tertiary alicyclic amines) is 1. The average molecular weight is 467 g/mol. The molecular weight excluding hydrogens is 433 g/mol. The van der Waals surface area contributed by atoms with Crippen molar-refractivity contribution in [3.8, 4) is 0 Å². The monoisotopic (exact) mass is 467 g/mol. The first-order valence-electron chi connectivity index (χ1n) is 9.45. The van der Waals surface area contributed by atoms with E-state index in [1.54, 1.807) is 0 Å². The summed E-state index contributed by atoms with van der Waals surface area (Å²) in [6.07, 6.45) is 6.43. The zero-order valence-corrected chi connectivity index (χ0v) is 18.0. The molecule has 3 aliphatic heterocycles. The van der Waals surface area contributed by atoms with Gasteiger partial charge in [0.15, 0.2) is 5.96 Å². The van der Waals surface area contributed by atoms with Crippen molar-refractivity contribution in [3.63, 3.8) is 0 Å². The molecule has 0 spiro atoms. The van der Waals surface area contributed by atoms with Crippen LogP contribution in [0.25, 0.3) is 0 Å². The van der Waals surface area contributed by atoms with E-state index in [1.807, 2.05) is 7.05 Å². The van der Waals surface area contributed by atoms with Gasteiger partial charge >= 0.3 is 0 Å². The molecule has 0 aliphatic carbocycles. The molecule has 3 rings (SSSR count). The van der Waals surface area contributed by atoms with Crippen molar-refractivity contribution in [2.75, 3.05) is 53.1 Å². The third-order valence-electron chi connectivity index (χ3n) is 5.32. The minimum atomic E-state index is 0. The predicted octanol–water partition coefficient (Wildman–Crippen LogP) is 2.27. The molecule has 0 amide bonds. The molecule has 146 valence electrons. The molecule has 3 fully saturated rings. The topological polar surface area (TPSA) is 55.3 Å². The molecular formula is C18H34IN3O3. The third-order valence-corrected chi connectivity index (χ3v) is 5.32. The van der Waals surface area contributed by atoms with Gasteiger partial charge in [-0.15, -0.1) is 24.0 Å². The summed E-state index contributed by atoms with van der Waals surface area (Å²) in [4.78, 5) is 6.79. The fourth-order valence-corrected chi connectivity index (χ4v) is 3.59. The maximum absolute atomic E-state index is 6.10. The Bertz CT molecular complexity index is 418. The molecule has 3 aliphatic rings. The first-order valence-corrected chi connectivity index (χ1v) is 9.45. The van der Waals surface area contributed by atoms with Crippen molar-refractivity contribution in [2.45, 2.75) is 51.2 Å². The largest absolute Gasteiger partial charge is 0.380 e. The molecule has 1 atom stereocenters. The van der Waals surface area contributed by atoms with Crippen LogP contribution in [-0.2, 0) is 14.2 Å². The van der Waals surface area contributed by atoms with Crippen LogP contribution in [0, 0.1) is 5.41 Å². The molecule has 0 aromatic rings. The zero-order chi connectivity index (χ0) is 16.8. The van der Waals surface area contributed by atoms with Crippen molar-refractivity contribution in [2.24, 2.45) is 10.4 Å². The van der Waals surface area contributed by atoms with E-state index >= 15 is 0 Å². The highest BCUT2D eigenvalue weighted by molar-refractivity contribution is 14.0. The molecule has 3 heterocycles. The smallest absolute Gasteiger partial charge is 0.193 e. The van der Waals surface area contributed by atoms with Crippen LogP contribution in [0.5, 0.6) is 0 Å². The third kappa shape index (κ3) is 6.22. The average Bonchev–Trinajstić information content (AvgIpc) is 2.61. The Hall–Kier alpha value is -0.120. The van der Waals surface area contributed by atoms with E-state index in [0.29, 0.717) is 12.2 Å². The minimum Gasteiger partial charge on any atom is -0.380 e. The van der Waals surface area contributed by atoms with Crippen LogP contribution >= 0.6 is 24.0 Å². The quantitative estimate of drug-likeness (QED) is 0.382. The van der Waals surface area contributed by atoms with E-state index in [1.165, 1.54) is 12.8 Å². The van der Waals surface area contributed by atoms with E-state index in [2.05, 4.69) is 22.1 Å². The van der Waals surface area contributed by atoms with Crippen LogP contribution in [0.3, 0.4) is 0 Å². The number of rotatable bonds is 5. The second-order valence-electron chi connectivity index (χ2n) is 7.71. The fraction of sp³-hybridized carbons (Fsp3) is 0.944. The summed E-state index contributed by atoms with van der Waals surface area (Å²) < 4.78 is 17.2. The lowest BCUT2D eigenvalue weighted by Gasteiger charge is -2.40. The summed E-state index contributed by atoms with van der Waals surface area (Å²) in [7, 11) is 1.87. The van der Waals surface area contributed by atoms with E-state index in [4.69, 9.17) is 14.2 Å².